The number of primary amides is 1. The maximum Gasteiger partial charge on any atom is 0.405 e. The molecule has 4 nitrogen and oxygen atoms in total. The Morgan fingerprint density at radius 2 is 2.00 bits per heavy atom. The van der Waals surface area contributed by atoms with Crippen molar-refractivity contribution in [2.24, 2.45) is 5.73 Å². The molecule has 1 aromatic carbocycles. The lowest BCUT2D eigenvalue weighted by Gasteiger charge is -2.42. The Labute approximate surface area is 127 Å². The molecule has 0 aromatic heterocycles. The van der Waals surface area contributed by atoms with Crippen LogP contribution < -0.4 is 5.73 Å². The van der Waals surface area contributed by atoms with Crippen molar-refractivity contribution >= 4 is 28.7 Å². The van der Waals surface area contributed by atoms with Gasteiger partial charge in [0.05, 0.1) is 0 Å². The molecule has 5 heteroatoms. The van der Waals surface area contributed by atoms with Gasteiger partial charge in [0.15, 0.2) is 0 Å². The van der Waals surface area contributed by atoms with Crippen molar-refractivity contribution in [1.29, 1.82) is 0 Å². The number of hydrogen-bond acceptors (Lipinski definition) is 3. The van der Waals surface area contributed by atoms with Crippen LogP contribution in [0.25, 0.3) is 0 Å². The highest BCUT2D eigenvalue weighted by Crippen LogP contribution is 2.41. The number of hydrogen-bond donors (Lipinski definition) is 2. The van der Waals surface area contributed by atoms with Gasteiger partial charge in [-0.3, -0.25) is 0 Å². The standard InChI is InChI=1S/C14H20INO3/c1-4-9-14(18,13(2,3)19-12(16)17)10-7-5-6-8-11(10)15/h5-8,18H,4,9H2,1-3H3,(H2,16,17)/t14-/m0/s1. The minimum atomic E-state index is -1.27. The summed E-state index contributed by atoms with van der Waals surface area (Å²) >= 11 is 2.17. The summed E-state index contributed by atoms with van der Waals surface area (Å²) in [5.41, 5.74) is 3.50. The first-order valence-corrected chi connectivity index (χ1v) is 7.28. The Morgan fingerprint density at radius 3 is 2.47 bits per heavy atom. The van der Waals surface area contributed by atoms with E-state index in [0.29, 0.717) is 6.42 Å². The number of amides is 1. The van der Waals surface area contributed by atoms with Gasteiger partial charge in [0.25, 0.3) is 0 Å². The van der Waals surface area contributed by atoms with Crippen molar-refractivity contribution in [2.45, 2.75) is 44.8 Å². The number of halogens is 1. The Morgan fingerprint density at radius 1 is 1.42 bits per heavy atom. The summed E-state index contributed by atoms with van der Waals surface area (Å²) in [5, 5.41) is 11.1. The lowest BCUT2D eigenvalue weighted by atomic mass is 9.76. The fourth-order valence-corrected chi connectivity index (χ4v) is 3.09. The average molecular weight is 377 g/mol. The molecule has 1 amide bonds. The number of benzene rings is 1. The number of nitrogens with two attached hydrogens (primary N) is 1. The van der Waals surface area contributed by atoms with Crippen LogP contribution in [0.1, 0.15) is 39.2 Å². The first-order chi connectivity index (χ1) is 8.74. The minimum absolute atomic E-state index is 0.479. The van der Waals surface area contributed by atoms with E-state index in [0.717, 1.165) is 15.6 Å². The minimum Gasteiger partial charge on any atom is -0.440 e. The highest BCUT2D eigenvalue weighted by molar-refractivity contribution is 14.1. The van der Waals surface area contributed by atoms with E-state index in [2.05, 4.69) is 22.6 Å². The zero-order chi connectivity index (χ0) is 14.7. The second kappa shape index (κ2) is 6.09. The van der Waals surface area contributed by atoms with Gasteiger partial charge in [-0.25, -0.2) is 4.79 Å². The van der Waals surface area contributed by atoms with E-state index in [9.17, 15) is 9.90 Å². The smallest absolute Gasteiger partial charge is 0.405 e. The molecule has 106 valence electrons. The molecule has 0 unspecified atom stereocenters. The molecule has 0 saturated carbocycles. The highest BCUT2D eigenvalue weighted by Gasteiger charge is 2.48. The predicted octanol–water partition coefficient (Wildman–Crippen LogP) is 3.15. The molecule has 0 bridgehead atoms. The monoisotopic (exact) mass is 377 g/mol. The average Bonchev–Trinajstić information content (AvgIpc) is 2.27. The second-order valence-corrected chi connectivity index (χ2v) is 6.18. The molecule has 0 aliphatic heterocycles. The normalized spacial score (nSPS) is 14.8. The Hall–Kier alpha value is -0.820. The topological polar surface area (TPSA) is 72.6 Å². The van der Waals surface area contributed by atoms with Gasteiger partial charge in [0.2, 0.25) is 0 Å². The Kier molecular flexibility index (Phi) is 5.20. The van der Waals surface area contributed by atoms with Crippen LogP contribution >= 0.6 is 22.6 Å². The molecular weight excluding hydrogens is 357 g/mol. The fraction of sp³-hybridized carbons (Fsp3) is 0.500. The lowest BCUT2D eigenvalue weighted by Crippen LogP contribution is -2.51. The first kappa shape index (κ1) is 16.2. The zero-order valence-corrected chi connectivity index (χ0v) is 13.6. The third-order valence-corrected chi connectivity index (χ3v) is 4.22. The van der Waals surface area contributed by atoms with E-state index in [1.807, 2.05) is 31.2 Å². The zero-order valence-electron chi connectivity index (χ0n) is 11.4. The van der Waals surface area contributed by atoms with Crippen molar-refractivity contribution in [2.75, 3.05) is 0 Å². The molecule has 19 heavy (non-hydrogen) atoms. The van der Waals surface area contributed by atoms with Crippen molar-refractivity contribution < 1.29 is 14.6 Å². The quantitative estimate of drug-likeness (QED) is 0.775. The number of rotatable bonds is 5. The molecule has 0 heterocycles. The van der Waals surface area contributed by atoms with Crippen molar-refractivity contribution in [3.05, 3.63) is 33.4 Å². The van der Waals surface area contributed by atoms with E-state index in [1.54, 1.807) is 13.8 Å². The summed E-state index contributed by atoms with van der Waals surface area (Å²) < 4.78 is 6.08. The summed E-state index contributed by atoms with van der Waals surface area (Å²) in [5.74, 6) is 0. The van der Waals surface area contributed by atoms with Gasteiger partial charge in [-0.1, -0.05) is 31.5 Å². The SMILES string of the molecule is CCC[C@](O)(c1ccccc1I)C(C)(C)OC(N)=O. The molecule has 0 spiro atoms. The van der Waals surface area contributed by atoms with Crippen LogP contribution in [0.4, 0.5) is 4.79 Å². The van der Waals surface area contributed by atoms with Crippen LogP contribution in [0.15, 0.2) is 24.3 Å². The van der Waals surface area contributed by atoms with Gasteiger partial charge >= 0.3 is 6.09 Å². The largest absolute Gasteiger partial charge is 0.440 e. The molecule has 0 aliphatic carbocycles. The van der Waals surface area contributed by atoms with E-state index in [4.69, 9.17) is 10.5 Å². The molecular formula is C14H20INO3. The second-order valence-electron chi connectivity index (χ2n) is 5.02. The molecule has 3 N–H and O–H groups in total. The summed E-state index contributed by atoms with van der Waals surface area (Å²) in [6.07, 6.45) is 0.353. The summed E-state index contributed by atoms with van der Waals surface area (Å²) in [4.78, 5) is 11.1. The summed E-state index contributed by atoms with van der Waals surface area (Å²) in [6, 6.07) is 7.53. The van der Waals surface area contributed by atoms with Gasteiger partial charge in [-0.15, -0.1) is 0 Å². The number of carbonyl (C=O) groups excluding carboxylic acids is 1. The predicted molar refractivity (Wildman–Crippen MR) is 82.7 cm³/mol. The van der Waals surface area contributed by atoms with Gasteiger partial charge in [-0.05, 0) is 48.9 Å². The van der Waals surface area contributed by atoms with Crippen LogP contribution in [0.3, 0.4) is 0 Å². The van der Waals surface area contributed by atoms with Crippen LogP contribution in [0, 0.1) is 3.57 Å². The maximum atomic E-state index is 11.1. The summed E-state index contributed by atoms with van der Waals surface area (Å²) in [7, 11) is 0. The molecule has 0 saturated heterocycles. The number of aliphatic hydroxyl groups is 1. The van der Waals surface area contributed by atoms with Gasteiger partial charge in [0, 0.05) is 9.13 Å². The van der Waals surface area contributed by atoms with Crippen LogP contribution in [-0.4, -0.2) is 16.8 Å². The van der Waals surface area contributed by atoms with E-state index >= 15 is 0 Å². The first-order valence-electron chi connectivity index (χ1n) is 6.20. The summed E-state index contributed by atoms with van der Waals surface area (Å²) in [6.45, 7) is 5.33. The fourth-order valence-electron chi connectivity index (χ4n) is 2.25. The van der Waals surface area contributed by atoms with Gasteiger partial charge in [0.1, 0.15) is 11.2 Å². The van der Waals surface area contributed by atoms with Crippen molar-refractivity contribution in [1.82, 2.24) is 0 Å². The van der Waals surface area contributed by atoms with Gasteiger partial charge < -0.3 is 15.6 Å². The van der Waals surface area contributed by atoms with E-state index in [1.165, 1.54) is 0 Å². The van der Waals surface area contributed by atoms with Crippen LogP contribution in [0.5, 0.6) is 0 Å². The molecule has 1 atom stereocenters. The number of carbonyl (C=O) groups is 1. The lowest BCUT2D eigenvalue weighted by molar-refractivity contribution is -0.143. The Balaban J connectivity index is 3.31. The van der Waals surface area contributed by atoms with Gasteiger partial charge in [-0.2, -0.15) is 0 Å². The number of ether oxygens (including phenoxy) is 1. The van der Waals surface area contributed by atoms with Crippen LogP contribution in [0.2, 0.25) is 0 Å². The van der Waals surface area contributed by atoms with Crippen molar-refractivity contribution in [3.63, 3.8) is 0 Å². The molecule has 0 aliphatic rings. The van der Waals surface area contributed by atoms with E-state index in [-0.39, 0.29) is 0 Å². The van der Waals surface area contributed by atoms with Crippen LogP contribution in [-0.2, 0) is 10.3 Å². The molecule has 0 fully saturated rings. The third kappa shape index (κ3) is 3.39. The molecule has 1 aromatic rings. The molecule has 0 radical (unpaired) electrons. The highest BCUT2D eigenvalue weighted by atomic mass is 127. The Bertz CT molecular complexity index is 462. The third-order valence-electron chi connectivity index (χ3n) is 3.28. The van der Waals surface area contributed by atoms with Crippen molar-refractivity contribution in [3.8, 4) is 0 Å². The van der Waals surface area contributed by atoms with E-state index < -0.39 is 17.3 Å². The molecule has 1 rings (SSSR count). The maximum absolute atomic E-state index is 11.1.